The third-order valence-corrected chi connectivity index (χ3v) is 1.03. The van der Waals surface area contributed by atoms with Crippen LogP contribution in [-0.4, -0.2) is 8.80 Å². The van der Waals surface area contributed by atoms with Crippen LogP contribution in [0.1, 0.15) is 20.3 Å². The summed E-state index contributed by atoms with van der Waals surface area (Å²) in [5.74, 6) is 0. The molecule has 23 heavy (non-hydrogen) atoms. The van der Waals surface area contributed by atoms with Gasteiger partial charge in [0.05, 0.1) is 0 Å². The molecule has 4 heteroatoms. The second-order valence-corrected chi connectivity index (χ2v) is 4.38. The van der Waals surface area contributed by atoms with E-state index in [0.29, 0.717) is 0 Å². The molecule has 1 aromatic rings. The SMILES string of the molecule is C[C](C)=[Ti].Cl.Cl.[C-]1=CC=CC1.[CH3-].[CH3-].[CH3-].[CH3-].[CH3-].[CH3-].[CH3-].[c-]1ccc[nH]1. The van der Waals surface area contributed by atoms with Crippen molar-refractivity contribution < 1.29 is 20.0 Å². The molecular formula is C19H38Cl2NTi-9. The van der Waals surface area contributed by atoms with Crippen LogP contribution >= 0.6 is 24.8 Å². The van der Waals surface area contributed by atoms with Crippen LogP contribution in [0.25, 0.3) is 0 Å². The molecule has 1 aliphatic carbocycles. The molecule has 0 saturated heterocycles. The van der Waals surface area contributed by atoms with E-state index in [0.717, 1.165) is 6.42 Å². The summed E-state index contributed by atoms with van der Waals surface area (Å²) in [7, 11) is 0. The van der Waals surface area contributed by atoms with E-state index in [1.165, 1.54) is 3.81 Å². The molecule has 2 rings (SSSR count). The summed E-state index contributed by atoms with van der Waals surface area (Å²) >= 11 is 2.08. The van der Waals surface area contributed by atoms with Gasteiger partial charge in [0.1, 0.15) is 0 Å². The molecule has 146 valence electrons. The summed E-state index contributed by atoms with van der Waals surface area (Å²) in [6, 6.07) is 3.71. The van der Waals surface area contributed by atoms with Gasteiger partial charge < -0.3 is 57.0 Å². The number of aromatic nitrogens is 1. The molecule has 1 N–H and O–H groups in total. The van der Waals surface area contributed by atoms with E-state index in [1.54, 1.807) is 0 Å². The monoisotopic (exact) mass is 398 g/mol. The first-order valence-electron chi connectivity index (χ1n) is 4.46. The van der Waals surface area contributed by atoms with Crippen molar-refractivity contribution in [2.24, 2.45) is 0 Å². The molecule has 0 aliphatic heterocycles. The number of allylic oxidation sites excluding steroid dienone is 4. The van der Waals surface area contributed by atoms with Crippen LogP contribution in [0.15, 0.2) is 36.6 Å². The minimum absolute atomic E-state index is 0. The van der Waals surface area contributed by atoms with Crippen LogP contribution < -0.4 is 0 Å². The molecule has 1 heterocycles. The second kappa shape index (κ2) is 57.5. The smallest absolute Gasteiger partial charge is 0.108 e. The quantitative estimate of drug-likeness (QED) is 0.362. The number of hydrogen-bond donors (Lipinski definition) is 1. The van der Waals surface area contributed by atoms with Crippen LogP contribution in [0.5, 0.6) is 0 Å². The number of H-pyrrole nitrogens is 1. The van der Waals surface area contributed by atoms with Crippen LogP contribution in [0.3, 0.4) is 0 Å². The Morgan fingerprint density at radius 1 is 0.957 bits per heavy atom. The maximum absolute atomic E-state index is 2.99. The molecular weight excluding hydrogens is 361 g/mol. The fraction of sp³-hybridized carbons (Fsp3) is 0.158. The van der Waals surface area contributed by atoms with Gasteiger partial charge >= 0.3 is 37.6 Å². The number of nitrogens with one attached hydrogen (secondary N) is 1. The summed E-state index contributed by atoms with van der Waals surface area (Å²) in [5, 5.41) is 0. The number of hydrogen-bond acceptors (Lipinski definition) is 0. The largest absolute Gasteiger partial charge is 0.484 e. The first-order valence-corrected chi connectivity index (χ1v) is 5.24. The molecule has 0 amide bonds. The van der Waals surface area contributed by atoms with E-state index in [1.807, 2.05) is 30.5 Å². The number of halogens is 2. The van der Waals surface area contributed by atoms with Gasteiger partial charge in [0.15, 0.2) is 0 Å². The van der Waals surface area contributed by atoms with Crippen molar-refractivity contribution in [1.82, 2.24) is 4.98 Å². The van der Waals surface area contributed by atoms with Crippen LogP contribution in [0.2, 0.25) is 0 Å². The summed E-state index contributed by atoms with van der Waals surface area (Å²) in [6.45, 7) is 4.17. The molecule has 1 aliphatic rings. The summed E-state index contributed by atoms with van der Waals surface area (Å²) in [5.41, 5.74) is 0. The van der Waals surface area contributed by atoms with E-state index < -0.39 is 0 Å². The Morgan fingerprint density at radius 3 is 1.48 bits per heavy atom. The van der Waals surface area contributed by atoms with Gasteiger partial charge in [-0.25, -0.2) is 12.2 Å². The number of aromatic amines is 1. The van der Waals surface area contributed by atoms with Crippen molar-refractivity contribution in [3.63, 3.8) is 0 Å². The molecule has 0 atom stereocenters. The van der Waals surface area contributed by atoms with E-state index >= 15 is 0 Å². The summed E-state index contributed by atoms with van der Waals surface area (Å²) < 4.78 is 1.42. The average Bonchev–Trinajstić information content (AvgIpc) is 2.83. The van der Waals surface area contributed by atoms with Crippen LogP contribution in [0, 0.1) is 64.3 Å². The van der Waals surface area contributed by atoms with Crippen molar-refractivity contribution in [2.75, 3.05) is 0 Å². The fourth-order valence-electron chi connectivity index (χ4n) is 0.581. The van der Waals surface area contributed by atoms with Gasteiger partial charge in [0.2, 0.25) is 0 Å². The maximum Gasteiger partial charge on any atom is -0.108 e. The van der Waals surface area contributed by atoms with E-state index in [-0.39, 0.29) is 76.8 Å². The summed E-state index contributed by atoms with van der Waals surface area (Å²) in [6.07, 6.45) is 14.6. The molecule has 1 nitrogen and oxygen atoms in total. The molecule has 0 bridgehead atoms. The third-order valence-electron chi connectivity index (χ3n) is 1.03. The minimum atomic E-state index is 0. The van der Waals surface area contributed by atoms with Crippen LogP contribution in [0.4, 0.5) is 0 Å². The topological polar surface area (TPSA) is 15.8 Å². The van der Waals surface area contributed by atoms with Crippen molar-refractivity contribution in [1.29, 1.82) is 0 Å². The third kappa shape index (κ3) is 88.4. The maximum atomic E-state index is 2.99. The summed E-state index contributed by atoms with van der Waals surface area (Å²) in [4.78, 5) is 2.74. The molecule has 0 fully saturated rings. The van der Waals surface area contributed by atoms with E-state index in [4.69, 9.17) is 0 Å². The second-order valence-electron chi connectivity index (χ2n) is 2.82. The van der Waals surface area contributed by atoms with E-state index in [2.05, 4.69) is 57.2 Å². The molecule has 0 spiro atoms. The Morgan fingerprint density at radius 2 is 1.39 bits per heavy atom. The first kappa shape index (κ1) is 66.0. The van der Waals surface area contributed by atoms with Gasteiger partial charge in [-0.3, -0.25) is 6.08 Å². The van der Waals surface area contributed by atoms with Crippen molar-refractivity contribution in [3.8, 4) is 0 Å². The normalized spacial score (nSPS) is 6.65. The zero-order chi connectivity index (χ0) is 10.6. The molecule has 0 saturated carbocycles. The van der Waals surface area contributed by atoms with Gasteiger partial charge in [-0.2, -0.15) is 24.4 Å². The average molecular weight is 399 g/mol. The molecule has 0 aromatic carbocycles. The van der Waals surface area contributed by atoms with Crippen molar-refractivity contribution in [2.45, 2.75) is 20.3 Å². The van der Waals surface area contributed by atoms with Gasteiger partial charge in [-0.15, -0.1) is 37.4 Å². The Balaban J connectivity index is -0.0000000116. The Kier molecular flexibility index (Phi) is 165. The van der Waals surface area contributed by atoms with Gasteiger partial charge in [0.25, 0.3) is 0 Å². The van der Waals surface area contributed by atoms with E-state index in [9.17, 15) is 0 Å². The Labute approximate surface area is 174 Å². The van der Waals surface area contributed by atoms with Gasteiger partial charge in [0, 0.05) is 0 Å². The van der Waals surface area contributed by atoms with Crippen molar-refractivity contribution in [3.05, 3.63) is 101 Å². The van der Waals surface area contributed by atoms with Gasteiger partial charge in [-0.05, 0) is 0 Å². The molecule has 1 aromatic heterocycles. The molecule has 0 unspecified atom stereocenters. The standard InChI is InChI=1S/C5H5.C4H4N.C3H6.7CH3.2ClH.Ti/c2*1-2-4-5-3-1;1-3-2;;;;;;;;;;/h1-3H,4H2;1-3,5H;1-2H3;7*1H3;2*1H;/q2*-1;;7*-1;;;. The Bertz CT molecular complexity index is 250. The zero-order valence-corrected chi connectivity index (χ0v) is 19.7. The predicted molar refractivity (Wildman–Crippen MR) is 117 cm³/mol. The van der Waals surface area contributed by atoms with Crippen LogP contribution in [-0.2, 0) is 20.0 Å². The fourth-order valence-corrected chi connectivity index (χ4v) is 0.581. The minimum Gasteiger partial charge on any atom is -0.484 e. The van der Waals surface area contributed by atoms with Crippen molar-refractivity contribution >= 4 is 28.6 Å². The zero-order valence-electron chi connectivity index (χ0n) is 16.5. The first-order chi connectivity index (χ1) is 6.73. The van der Waals surface area contributed by atoms with Gasteiger partial charge in [-0.1, -0.05) is 0 Å². The Hall–Kier alpha value is -0.0757. The predicted octanol–water partition coefficient (Wildman–Crippen LogP) is 6.86. The number of rotatable bonds is 0. The molecule has 0 radical (unpaired) electrons.